The molecule has 6 aromatic rings. The Kier molecular flexibility index (Phi) is 7.36. The number of amides is 2. The van der Waals surface area contributed by atoms with E-state index < -0.39 is 17.6 Å². The molecule has 208 valence electrons. The van der Waals surface area contributed by atoms with E-state index in [2.05, 4.69) is 10.0 Å². The number of carbonyl (C=O) groups is 3. The van der Waals surface area contributed by atoms with Crippen LogP contribution in [-0.4, -0.2) is 28.8 Å². The molecule has 1 heterocycles. The first-order chi connectivity index (χ1) is 20.5. The van der Waals surface area contributed by atoms with E-state index in [9.17, 15) is 14.4 Å². The fourth-order valence-electron chi connectivity index (χ4n) is 5.29. The Morgan fingerprint density at radius 3 is 2.19 bits per heavy atom. The highest BCUT2D eigenvalue weighted by Crippen LogP contribution is 2.42. The molecule has 2 amide bonds. The zero-order chi connectivity index (χ0) is 29.1. The van der Waals surface area contributed by atoms with Gasteiger partial charge in [-0.3, -0.25) is 19.2 Å². The van der Waals surface area contributed by atoms with Gasteiger partial charge in [0.2, 0.25) is 0 Å². The van der Waals surface area contributed by atoms with Crippen molar-refractivity contribution in [1.29, 1.82) is 0 Å². The number of nitrogens with two attached hydrogens (primary N) is 1. The van der Waals surface area contributed by atoms with Gasteiger partial charge in [0.25, 0.3) is 17.6 Å². The van der Waals surface area contributed by atoms with Crippen molar-refractivity contribution < 1.29 is 24.0 Å². The summed E-state index contributed by atoms with van der Waals surface area (Å²) in [5.74, 6) is -1.94. The molecule has 8 heteroatoms. The van der Waals surface area contributed by atoms with Gasteiger partial charge >= 0.3 is 0 Å². The minimum Gasteiger partial charge on any atom is -0.483 e. The molecular formula is C34H27N3O5. The van der Waals surface area contributed by atoms with Crippen LogP contribution >= 0.6 is 0 Å². The van der Waals surface area contributed by atoms with E-state index in [-0.39, 0.29) is 18.8 Å². The lowest BCUT2D eigenvalue weighted by Crippen LogP contribution is -2.29. The average Bonchev–Trinajstić information content (AvgIpc) is 3.35. The number of primary amides is 1. The van der Waals surface area contributed by atoms with Crippen LogP contribution in [0.15, 0.2) is 109 Å². The summed E-state index contributed by atoms with van der Waals surface area (Å²) < 4.78 is 8.23. The second-order valence-electron chi connectivity index (χ2n) is 9.87. The highest BCUT2D eigenvalue weighted by molar-refractivity contribution is 6.46. The first-order valence-corrected chi connectivity index (χ1v) is 13.4. The summed E-state index contributed by atoms with van der Waals surface area (Å²) in [4.78, 5) is 43.2. The van der Waals surface area contributed by atoms with E-state index in [0.717, 1.165) is 32.9 Å². The molecule has 8 nitrogen and oxygen atoms in total. The fraction of sp³-hybridized carbons (Fsp3) is 0.0882. The molecule has 0 saturated carbocycles. The Balaban J connectivity index is 1.47. The first-order valence-electron chi connectivity index (χ1n) is 13.4. The van der Waals surface area contributed by atoms with Crippen molar-refractivity contribution in [3.8, 4) is 5.75 Å². The summed E-state index contributed by atoms with van der Waals surface area (Å²) in [6, 6.07) is 34.3. The monoisotopic (exact) mass is 557 g/mol. The molecule has 1 aromatic heterocycles. The first kappa shape index (κ1) is 26.7. The number of nitrogens with zero attached hydrogens (tertiary/aromatic N) is 1. The Morgan fingerprint density at radius 1 is 0.762 bits per heavy atom. The van der Waals surface area contributed by atoms with Crippen molar-refractivity contribution in [2.45, 2.75) is 13.2 Å². The number of ketones is 1. The summed E-state index contributed by atoms with van der Waals surface area (Å²) in [6.45, 7) is 0.369. The molecule has 0 unspecified atom stereocenters. The molecule has 5 aromatic carbocycles. The maximum absolute atomic E-state index is 13.0. The van der Waals surface area contributed by atoms with Gasteiger partial charge in [-0.05, 0) is 28.6 Å². The van der Waals surface area contributed by atoms with Crippen molar-refractivity contribution in [2.75, 3.05) is 6.61 Å². The third-order valence-corrected chi connectivity index (χ3v) is 7.12. The van der Waals surface area contributed by atoms with Gasteiger partial charge in [0.1, 0.15) is 5.75 Å². The van der Waals surface area contributed by atoms with Crippen LogP contribution in [0, 0.1) is 0 Å². The third-order valence-electron chi connectivity index (χ3n) is 7.12. The fourth-order valence-corrected chi connectivity index (χ4v) is 5.29. The number of aromatic nitrogens is 1. The maximum Gasteiger partial charge on any atom is 0.289 e. The van der Waals surface area contributed by atoms with Gasteiger partial charge in [0.05, 0.1) is 23.0 Å². The number of fused-ring (bicyclic) bond motifs is 5. The second-order valence-corrected chi connectivity index (χ2v) is 9.87. The van der Waals surface area contributed by atoms with Gasteiger partial charge in [-0.25, -0.2) is 5.48 Å². The third kappa shape index (κ3) is 5.18. The van der Waals surface area contributed by atoms with E-state index in [1.54, 1.807) is 12.1 Å². The topological polar surface area (TPSA) is 113 Å². The number of carbonyl (C=O) groups excluding carboxylic acids is 3. The number of hydroxylamine groups is 1. The second kappa shape index (κ2) is 11.6. The van der Waals surface area contributed by atoms with Crippen molar-refractivity contribution in [3.05, 3.63) is 126 Å². The zero-order valence-corrected chi connectivity index (χ0v) is 22.6. The maximum atomic E-state index is 13.0. The molecular weight excluding hydrogens is 530 g/mol. The Hall–Kier alpha value is -5.47. The largest absolute Gasteiger partial charge is 0.483 e. The Labute approximate surface area is 241 Å². The lowest BCUT2D eigenvalue weighted by atomic mass is 9.99. The smallest absolute Gasteiger partial charge is 0.289 e. The molecule has 0 aliphatic heterocycles. The minimum absolute atomic E-state index is 0.174. The van der Waals surface area contributed by atoms with Gasteiger partial charge in [0, 0.05) is 22.9 Å². The number of rotatable bonds is 10. The molecule has 0 saturated heterocycles. The van der Waals surface area contributed by atoms with Crippen LogP contribution < -0.4 is 16.0 Å². The van der Waals surface area contributed by atoms with Crippen LogP contribution in [0.5, 0.6) is 5.75 Å². The number of nitrogens with one attached hydrogen (secondary N) is 1. The minimum atomic E-state index is -1.05. The van der Waals surface area contributed by atoms with Gasteiger partial charge in [-0.1, -0.05) is 97.1 Å². The zero-order valence-electron chi connectivity index (χ0n) is 22.6. The average molecular weight is 558 g/mol. The van der Waals surface area contributed by atoms with E-state index in [1.807, 2.05) is 97.1 Å². The van der Waals surface area contributed by atoms with Crippen LogP contribution in [0.2, 0.25) is 0 Å². The summed E-state index contributed by atoms with van der Waals surface area (Å²) >= 11 is 0. The van der Waals surface area contributed by atoms with E-state index in [1.165, 1.54) is 0 Å². The predicted molar refractivity (Wildman–Crippen MR) is 161 cm³/mol. The normalized spacial score (nSPS) is 11.1. The molecule has 0 bridgehead atoms. The lowest BCUT2D eigenvalue weighted by Gasteiger charge is -2.13. The van der Waals surface area contributed by atoms with E-state index in [0.29, 0.717) is 23.1 Å². The van der Waals surface area contributed by atoms with Gasteiger partial charge in [-0.15, -0.1) is 0 Å². The number of hydrogen-bond acceptors (Lipinski definition) is 5. The molecule has 0 aliphatic rings. The quantitative estimate of drug-likeness (QED) is 0.135. The van der Waals surface area contributed by atoms with E-state index in [4.69, 9.17) is 15.3 Å². The molecule has 0 radical (unpaired) electrons. The van der Waals surface area contributed by atoms with Crippen molar-refractivity contribution >= 4 is 50.2 Å². The molecule has 0 aliphatic carbocycles. The van der Waals surface area contributed by atoms with Crippen LogP contribution in [0.4, 0.5) is 0 Å². The molecule has 0 spiro atoms. The Bertz CT molecular complexity index is 1950. The van der Waals surface area contributed by atoms with Gasteiger partial charge in [0.15, 0.2) is 6.61 Å². The van der Waals surface area contributed by atoms with Crippen molar-refractivity contribution in [2.24, 2.45) is 5.73 Å². The summed E-state index contributed by atoms with van der Waals surface area (Å²) in [6.07, 6.45) is 0. The molecule has 42 heavy (non-hydrogen) atoms. The molecule has 6 rings (SSSR count). The number of benzene rings is 5. The molecule has 3 N–H and O–H groups in total. The standard InChI is InChI=1S/C34H27N3O5/c35-34(40)33(39)26-16-9-17-27-30(26)31-28(41-21-29(38)36-42-20-23-12-5-2-6-13-23)18-24-14-7-8-15-25(24)32(31)37(27)19-22-10-3-1-4-11-22/h1-18H,19-21H2,(H2,35,40)(H,36,38). The van der Waals surface area contributed by atoms with E-state index >= 15 is 0 Å². The molecule has 0 atom stereocenters. The predicted octanol–water partition coefficient (Wildman–Crippen LogP) is 5.29. The highest BCUT2D eigenvalue weighted by Gasteiger charge is 2.25. The number of Topliss-reactive ketones (excluding diaryl/α,β-unsaturated/α-hetero) is 1. The lowest BCUT2D eigenvalue weighted by molar-refractivity contribution is -0.136. The van der Waals surface area contributed by atoms with Gasteiger partial charge in [-0.2, -0.15) is 0 Å². The van der Waals surface area contributed by atoms with Crippen LogP contribution in [0.3, 0.4) is 0 Å². The van der Waals surface area contributed by atoms with Crippen molar-refractivity contribution in [3.63, 3.8) is 0 Å². The summed E-state index contributed by atoms with van der Waals surface area (Å²) in [5.41, 5.74) is 11.6. The number of ether oxygens (including phenoxy) is 1. The van der Waals surface area contributed by atoms with Crippen LogP contribution in [0.1, 0.15) is 21.5 Å². The summed E-state index contributed by atoms with van der Waals surface area (Å²) in [7, 11) is 0. The van der Waals surface area contributed by atoms with Gasteiger partial charge < -0.3 is 15.0 Å². The van der Waals surface area contributed by atoms with Crippen LogP contribution in [0.25, 0.3) is 32.6 Å². The SMILES string of the molecule is NC(=O)C(=O)c1cccc2c1c1c(OCC(=O)NOCc3ccccc3)cc3ccccc3c1n2Cc1ccccc1. The highest BCUT2D eigenvalue weighted by atomic mass is 16.7. The van der Waals surface area contributed by atoms with Crippen molar-refractivity contribution in [1.82, 2.24) is 10.0 Å². The molecule has 0 fully saturated rings. The number of hydrogen-bond donors (Lipinski definition) is 2. The summed E-state index contributed by atoms with van der Waals surface area (Å²) in [5, 5.41) is 2.97. The Morgan fingerprint density at radius 2 is 1.45 bits per heavy atom. The van der Waals surface area contributed by atoms with Crippen LogP contribution in [-0.2, 0) is 27.6 Å².